The second kappa shape index (κ2) is 9.67. The van der Waals surface area contributed by atoms with E-state index < -0.39 is 0 Å². The zero-order valence-electron chi connectivity index (χ0n) is 15.6. The molecule has 10 heteroatoms. The number of nitrogens with zero attached hydrogens (tertiary/aromatic N) is 4. The van der Waals surface area contributed by atoms with Crippen molar-refractivity contribution in [1.82, 2.24) is 19.7 Å². The maximum absolute atomic E-state index is 11.4. The highest BCUT2D eigenvalue weighted by Crippen LogP contribution is 2.29. The van der Waals surface area contributed by atoms with Crippen LogP contribution in [0.15, 0.2) is 55.5 Å². The lowest BCUT2D eigenvalue weighted by atomic mass is 10.3. The molecular weight excluding hydrogens is 396 g/mol. The standard InChI is InChI=1S/C19H19ClN6O3/c1-3-17(27)23-13-5-4-6-15(9-13)29-18-16(20)11-21-19(25-18)24-14-10-22-26(12-14)7-8-28-2/h3-6,9-12H,1,7-8H2,2H3,(H,23,27)(H,21,24,25). The molecule has 0 aliphatic carbocycles. The maximum Gasteiger partial charge on any atom is 0.247 e. The summed E-state index contributed by atoms with van der Waals surface area (Å²) in [6, 6.07) is 6.82. The molecule has 0 aliphatic rings. The minimum absolute atomic E-state index is 0.170. The van der Waals surface area contributed by atoms with Crippen LogP contribution in [0.4, 0.5) is 17.3 Å². The minimum atomic E-state index is -0.320. The summed E-state index contributed by atoms with van der Waals surface area (Å²) in [5.74, 6) is 0.598. The molecule has 3 rings (SSSR count). The van der Waals surface area contributed by atoms with Crippen LogP contribution in [-0.2, 0) is 16.1 Å². The number of nitrogens with one attached hydrogen (secondary N) is 2. The third-order valence-electron chi connectivity index (χ3n) is 3.63. The second-order valence-electron chi connectivity index (χ2n) is 5.78. The Morgan fingerprint density at radius 2 is 2.21 bits per heavy atom. The van der Waals surface area contributed by atoms with Gasteiger partial charge in [0, 0.05) is 25.1 Å². The van der Waals surface area contributed by atoms with Crippen LogP contribution >= 0.6 is 11.6 Å². The molecule has 150 valence electrons. The van der Waals surface area contributed by atoms with Crippen molar-refractivity contribution in [1.29, 1.82) is 0 Å². The summed E-state index contributed by atoms with van der Waals surface area (Å²) in [6.45, 7) is 4.61. The first kappa shape index (κ1) is 20.3. The van der Waals surface area contributed by atoms with E-state index in [1.807, 2.05) is 6.20 Å². The van der Waals surface area contributed by atoms with Gasteiger partial charge in [-0.2, -0.15) is 10.1 Å². The highest BCUT2D eigenvalue weighted by Gasteiger charge is 2.10. The fourth-order valence-electron chi connectivity index (χ4n) is 2.29. The van der Waals surface area contributed by atoms with E-state index in [1.165, 1.54) is 12.3 Å². The fourth-order valence-corrected chi connectivity index (χ4v) is 2.42. The lowest BCUT2D eigenvalue weighted by Crippen LogP contribution is -2.07. The van der Waals surface area contributed by atoms with Crippen LogP contribution in [-0.4, -0.2) is 39.4 Å². The van der Waals surface area contributed by atoms with E-state index in [0.717, 1.165) is 0 Å². The Hall–Kier alpha value is -3.43. The van der Waals surface area contributed by atoms with Crippen LogP contribution < -0.4 is 15.4 Å². The van der Waals surface area contributed by atoms with E-state index >= 15 is 0 Å². The highest BCUT2D eigenvalue weighted by atomic mass is 35.5. The quantitative estimate of drug-likeness (QED) is 0.515. The first-order valence-corrected chi connectivity index (χ1v) is 8.97. The van der Waals surface area contributed by atoms with Crippen molar-refractivity contribution in [2.24, 2.45) is 0 Å². The van der Waals surface area contributed by atoms with Gasteiger partial charge in [0.2, 0.25) is 17.7 Å². The molecule has 9 nitrogen and oxygen atoms in total. The zero-order chi connectivity index (χ0) is 20.6. The van der Waals surface area contributed by atoms with E-state index in [1.54, 1.807) is 42.3 Å². The number of aromatic nitrogens is 4. The Morgan fingerprint density at radius 3 is 3.00 bits per heavy atom. The number of hydrogen-bond acceptors (Lipinski definition) is 7. The molecule has 0 saturated carbocycles. The molecule has 0 aliphatic heterocycles. The number of anilines is 3. The monoisotopic (exact) mass is 414 g/mol. The molecule has 0 atom stereocenters. The number of amides is 1. The summed E-state index contributed by atoms with van der Waals surface area (Å²) in [5.41, 5.74) is 1.27. The topological polar surface area (TPSA) is 103 Å². The summed E-state index contributed by atoms with van der Waals surface area (Å²) >= 11 is 6.17. The van der Waals surface area contributed by atoms with Gasteiger partial charge in [-0.1, -0.05) is 24.2 Å². The van der Waals surface area contributed by atoms with Crippen LogP contribution in [0.3, 0.4) is 0 Å². The van der Waals surface area contributed by atoms with E-state index in [9.17, 15) is 4.79 Å². The number of methoxy groups -OCH3 is 1. The van der Waals surface area contributed by atoms with E-state index in [2.05, 4.69) is 32.3 Å². The van der Waals surface area contributed by atoms with Gasteiger partial charge in [-0.05, 0) is 18.2 Å². The van der Waals surface area contributed by atoms with Gasteiger partial charge >= 0.3 is 0 Å². The fraction of sp³-hybridized carbons (Fsp3) is 0.158. The van der Waals surface area contributed by atoms with E-state index in [0.29, 0.717) is 36.2 Å². The Bertz CT molecular complexity index is 1010. The van der Waals surface area contributed by atoms with E-state index in [-0.39, 0.29) is 16.8 Å². The highest BCUT2D eigenvalue weighted by molar-refractivity contribution is 6.31. The molecule has 0 radical (unpaired) electrons. The predicted molar refractivity (Wildman–Crippen MR) is 110 cm³/mol. The number of rotatable bonds is 9. The summed E-state index contributed by atoms with van der Waals surface area (Å²) < 4.78 is 12.5. The third kappa shape index (κ3) is 5.77. The molecule has 29 heavy (non-hydrogen) atoms. The van der Waals surface area contributed by atoms with Gasteiger partial charge in [-0.15, -0.1) is 0 Å². The molecule has 2 N–H and O–H groups in total. The van der Waals surface area contributed by atoms with Crippen LogP contribution in [0.5, 0.6) is 11.6 Å². The van der Waals surface area contributed by atoms with Gasteiger partial charge in [0.15, 0.2) is 0 Å². The number of ether oxygens (including phenoxy) is 2. The molecule has 0 unspecified atom stereocenters. The molecule has 0 bridgehead atoms. The average Bonchev–Trinajstić information content (AvgIpc) is 3.16. The SMILES string of the molecule is C=CC(=O)Nc1cccc(Oc2nc(Nc3cnn(CCOC)c3)ncc2Cl)c1. The first-order chi connectivity index (χ1) is 14.1. The molecule has 0 fully saturated rings. The smallest absolute Gasteiger partial charge is 0.247 e. The van der Waals surface area contributed by atoms with Gasteiger partial charge < -0.3 is 20.1 Å². The second-order valence-corrected chi connectivity index (χ2v) is 6.19. The largest absolute Gasteiger partial charge is 0.437 e. The van der Waals surface area contributed by atoms with Crippen molar-refractivity contribution in [3.05, 3.63) is 60.5 Å². The van der Waals surface area contributed by atoms with Crippen molar-refractivity contribution in [2.45, 2.75) is 6.54 Å². The lowest BCUT2D eigenvalue weighted by molar-refractivity contribution is -0.111. The van der Waals surface area contributed by atoms with Gasteiger partial charge in [-0.3, -0.25) is 9.48 Å². The molecule has 2 heterocycles. The van der Waals surface area contributed by atoms with Crippen LogP contribution in [0.25, 0.3) is 0 Å². The van der Waals surface area contributed by atoms with Crippen molar-refractivity contribution >= 4 is 34.8 Å². The summed E-state index contributed by atoms with van der Waals surface area (Å²) in [4.78, 5) is 19.9. The van der Waals surface area contributed by atoms with E-state index in [4.69, 9.17) is 21.1 Å². The number of hydrogen-bond donors (Lipinski definition) is 2. The predicted octanol–water partition coefficient (Wildman–Crippen LogP) is 3.63. The Balaban J connectivity index is 1.72. The summed E-state index contributed by atoms with van der Waals surface area (Å²) in [7, 11) is 1.63. The summed E-state index contributed by atoms with van der Waals surface area (Å²) in [6.07, 6.45) is 6.08. The molecule has 0 spiro atoms. The number of carbonyl (C=O) groups is 1. The van der Waals surface area contributed by atoms with Gasteiger partial charge in [-0.25, -0.2) is 4.98 Å². The zero-order valence-corrected chi connectivity index (χ0v) is 16.4. The molecule has 1 amide bonds. The minimum Gasteiger partial charge on any atom is -0.437 e. The Kier molecular flexibility index (Phi) is 6.77. The van der Waals surface area contributed by atoms with Gasteiger partial charge in [0.1, 0.15) is 10.8 Å². The molecule has 0 saturated heterocycles. The number of benzene rings is 1. The van der Waals surface area contributed by atoms with Crippen molar-refractivity contribution < 1.29 is 14.3 Å². The Morgan fingerprint density at radius 1 is 1.34 bits per heavy atom. The molecular formula is C19H19ClN6O3. The third-order valence-corrected chi connectivity index (χ3v) is 3.89. The number of carbonyl (C=O) groups excluding carboxylic acids is 1. The average molecular weight is 415 g/mol. The van der Waals surface area contributed by atoms with Crippen molar-refractivity contribution in [2.75, 3.05) is 24.4 Å². The van der Waals surface area contributed by atoms with Crippen molar-refractivity contribution in [3.8, 4) is 11.6 Å². The van der Waals surface area contributed by atoms with Gasteiger partial charge in [0.05, 0.1) is 31.2 Å². The summed E-state index contributed by atoms with van der Waals surface area (Å²) in [5, 5.41) is 10.2. The first-order valence-electron chi connectivity index (χ1n) is 8.59. The molecule has 2 aromatic heterocycles. The Labute approximate surface area is 172 Å². The number of halogens is 1. The normalized spacial score (nSPS) is 10.4. The van der Waals surface area contributed by atoms with Crippen LogP contribution in [0.2, 0.25) is 5.02 Å². The van der Waals surface area contributed by atoms with Crippen molar-refractivity contribution in [3.63, 3.8) is 0 Å². The van der Waals surface area contributed by atoms with Crippen LogP contribution in [0, 0.1) is 0 Å². The van der Waals surface area contributed by atoms with Gasteiger partial charge in [0.25, 0.3) is 0 Å². The van der Waals surface area contributed by atoms with Crippen LogP contribution in [0.1, 0.15) is 0 Å². The maximum atomic E-state index is 11.4. The lowest BCUT2D eigenvalue weighted by Gasteiger charge is -2.10. The molecule has 3 aromatic rings. The molecule has 1 aromatic carbocycles.